The minimum absolute atomic E-state index is 0.0118. The highest BCUT2D eigenvalue weighted by atomic mass is 32.2. The number of nitrogens with zero attached hydrogens (tertiary/aromatic N) is 2. The molecule has 1 fully saturated rings. The van der Waals surface area contributed by atoms with E-state index in [0.29, 0.717) is 44.6 Å². The molecule has 0 bridgehead atoms. The number of halogens is 1. The summed E-state index contributed by atoms with van der Waals surface area (Å²) < 4.78 is 35.6. The molecular formula is C56H77FN2O7S. The third kappa shape index (κ3) is 14.2. The van der Waals surface area contributed by atoms with E-state index in [1.807, 2.05) is 42.2 Å². The second kappa shape index (κ2) is 27.7. The predicted molar refractivity (Wildman–Crippen MR) is 268 cm³/mol. The van der Waals surface area contributed by atoms with Crippen molar-refractivity contribution in [3.05, 3.63) is 114 Å². The van der Waals surface area contributed by atoms with Gasteiger partial charge in [-0.3, -0.25) is 4.79 Å². The maximum Gasteiger partial charge on any atom is 0.239 e. The number of hydrogen-bond donors (Lipinski definition) is 2. The molecule has 6 atom stereocenters. The van der Waals surface area contributed by atoms with Gasteiger partial charge in [0.2, 0.25) is 11.7 Å². The molecule has 0 aromatic heterocycles. The fourth-order valence-electron chi connectivity index (χ4n) is 10.6. The molecule has 0 radical (unpaired) electrons. The van der Waals surface area contributed by atoms with E-state index in [4.69, 9.17) is 24.2 Å². The van der Waals surface area contributed by atoms with Crippen LogP contribution >= 0.6 is 11.8 Å². The van der Waals surface area contributed by atoms with Gasteiger partial charge in [0.15, 0.2) is 0 Å². The van der Waals surface area contributed by atoms with Crippen molar-refractivity contribution in [2.45, 2.75) is 152 Å². The first kappa shape index (κ1) is 52.2. The van der Waals surface area contributed by atoms with Crippen molar-refractivity contribution in [2.75, 3.05) is 38.8 Å². The zero-order valence-corrected chi connectivity index (χ0v) is 41.1. The number of thioether (sulfide) groups is 1. The lowest BCUT2D eigenvalue weighted by Crippen LogP contribution is -2.70. The highest BCUT2D eigenvalue weighted by molar-refractivity contribution is 7.99. The molecule has 1 saturated carbocycles. The highest BCUT2D eigenvalue weighted by Crippen LogP contribution is 2.62. The topological polar surface area (TPSA) is 110 Å². The zero-order valence-electron chi connectivity index (χ0n) is 40.3. The molecule has 1 amide bonds. The summed E-state index contributed by atoms with van der Waals surface area (Å²) in [7, 11) is 0. The Kier molecular flexibility index (Phi) is 21.6. The molecule has 11 heteroatoms. The molecule has 0 spiro atoms. The fourth-order valence-corrected chi connectivity index (χ4v) is 11.4. The SMILES string of the molecule is C=CCO[C@@]12Oc3ccc(OCCSc4ccccc4)cc3[C@H]3[C@H](CCCCO)[C@@H](CCCCO)C=C(C(=NOCC)C[C@@H]1N(Cc1ccc(F)cc1)C(=O)CCCCCCCCCCC)[C@H]32. The van der Waals surface area contributed by atoms with Gasteiger partial charge in [-0.25, -0.2) is 4.39 Å². The molecule has 3 aliphatic rings. The molecule has 3 aromatic rings. The molecule has 0 saturated heterocycles. The van der Waals surface area contributed by atoms with Crippen LogP contribution in [0, 0.1) is 23.6 Å². The molecular weight excluding hydrogens is 864 g/mol. The molecule has 0 unspecified atom stereocenters. The number of carbonyl (C=O) groups excluding carboxylic acids is 1. The number of fused-ring (bicyclic) bond motifs is 2. The summed E-state index contributed by atoms with van der Waals surface area (Å²) in [6.45, 7) is 9.76. The average molecular weight is 941 g/mol. The van der Waals surface area contributed by atoms with Crippen LogP contribution in [-0.2, 0) is 20.9 Å². The predicted octanol–water partition coefficient (Wildman–Crippen LogP) is 12.6. The van der Waals surface area contributed by atoms with Gasteiger partial charge in [-0.15, -0.1) is 18.3 Å². The first-order chi connectivity index (χ1) is 32.9. The Morgan fingerprint density at radius 3 is 2.33 bits per heavy atom. The van der Waals surface area contributed by atoms with E-state index in [0.717, 1.165) is 78.9 Å². The average Bonchev–Trinajstić information content (AvgIpc) is 3.34. The van der Waals surface area contributed by atoms with Crippen LogP contribution in [0.5, 0.6) is 11.5 Å². The second-order valence-electron chi connectivity index (χ2n) is 18.4. The van der Waals surface area contributed by atoms with Crippen LogP contribution in [0.2, 0.25) is 0 Å². The van der Waals surface area contributed by atoms with Gasteiger partial charge in [-0.1, -0.05) is 119 Å². The summed E-state index contributed by atoms with van der Waals surface area (Å²) in [5.41, 5.74) is 3.58. The van der Waals surface area contributed by atoms with E-state index in [2.05, 4.69) is 37.8 Å². The minimum Gasteiger partial charge on any atom is -0.493 e. The van der Waals surface area contributed by atoms with Crippen LogP contribution in [0.4, 0.5) is 4.39 Å². The lowest BCUT2D eigenvalue weighted by Gasteiger charge is -2.60. The van der Waals surface area contributed by atoms with Crippen molar-refractivity contribution in [3.8, 4) is 11.5 Å². The molecule has 1 aliphatic heterocycles. The van der Waals surface area contributed by atoms with Gasteiger partial charge in [0.05, 0.1) is 24.8 Å². The molecule has 9 nitrogen and oxygen atoms in total. The minimum atomic E-state index is -1.38. The van der Waals surface area contributed by atoms with Crippen molar-refractivity contribution < 1.29 is 38.4 Å². The van der Waals surface area contributed by atoms with Crippen LogP contribution in [0.25, 0.3) is 0 Å². The summed E-state index contributed by atoms with van der Waals surface area (Å²) in [5.74, 6) is 0.104. The monoisotopic (exact) mass is 941 g/mol. The molecule has 2 aliphatic carbocycles. The Hall–Kier alpha value is -4.16. The largest absolute Gasteiger partial charge is 0.493 e. The molecule has 1 heterocycles. The third-order valence-electron chi connectivity index (χ3n) is 13.8. The highest BCUT2D eigenvalue weighted by Gasteiger charge is 2.65. The molecule has 2 N–H and O–H groups in total. The summed E-state index contributed by atoms with van der Waals surface area (Å²) in [4.78, 5) is 24.2. The molecule has 366 valence electrons. The van der Waals surface area contributed by atoms with Gasteiger partial charge in [-0.05, 0) is 104 Å². The van der Waals surface area contributed by atoms with E-state index in [1.54, 1.807) is 30.0 Å². The number of carbonyl (C=O) groups is 1. The van der Waals surface area contributed by atoms with E-state index in [1.165, 1.54) is 55.6 Å². The summed E-state index contributed by atoms with van der Waals surface area (Å²) in [6, 6.07) is 22.2. The number of rotatable bonds is 31. The van der Waals surface area contributed by atoms with Crippen LogP contribution in [0.1, 0.15) is 140 Å². The van der Waals surface area contributed by atoms with Gasteiger partial charge < -0.3 is 34.2 Å². The molecule has 6 rings (SSSR count). The van der Waals surface area contributed by atoms with Crippen molar-refractivity contribution in [3.63, 3.8) is 0 Å². The maximum atomic E-state index is 15.1. The smallest absolute Gasteiger partial charge is 0.239 e. The maximum absolute atomic E-state index is 15.1. The van der Waals surface area contributed by atoms with Crippen LogP contribution in [-0.4, -0.2) is 77.3 Å². The second-order valence-corrected chi connectivity index (χ2v) is 19.6. The number of unbranched alkanes of at least 4 members (excludes halogenated alkanes) is 10. The summed E-state index contributed by atoms with van der Waals surface area (Å²) in [6.07, 6.45) is 19.8. The number of benzene rings is 3. The van der Waals surface area contributed by atoms with E-state index < -0.39 is 17.7 Å². The van der Waals surface area contributed by atoms with Crippen LogP contribution in [0.15, 0.2) is 107 Å². The van der Waals surface area contributed by atoms with Gasteiger partial charge in [0.25, 0.3) is 0 Å². The van der Waals surface area contributed by atoms with E-state index in [9.17, 15) is 14.6 Å². The lowest BCUT2D eigenvalue weighted by molar-refractivity contribution is -0.258. The lowest BCUT2D eigenvalue weighted by atomic mass is 9.55. The van der Waals surface area contributed by atoms with Crippen molar-refractivity contribution in [1.29, 1.82) is 0 Å². The zero-order chi connectivity index (χ0) is 47.3. The van der Waals surface area contributed by atoms with Gasteiger partial charge in [-0.2, -0.15) is 0 Å². The van der Waals surface area contributed by atoms with Crippen LogP contribution < -0.4 is 9.47 Å². The Balaban J connectivity index is 1.45. The van der Waals surface area contributed by atoms with Gasteiger partial charge in [0, 0.05) is 54.7 Å². The first-order valence-corrected chi connectivity index (χ1v) is 26.4. The Morgan fingerprint density at radius 1 is 0.910 bits per heavy atom. The Morgan fingerprint density at radius 2 is 1.63 bits per heavy atom. The number of oxime groups is 1. The standard InChI is InChI=1S/C56H77FN2O7S/c1-4-7-8-9-10-11-12-13-17-26-53(62)59(41-42-27-29-44(57)30-28-42)52-40-50(58-65-6-3)48-38-43(22-18-20-33-60)47(25-19-21-34-61)54-49-39-45(63-36-37-67-46-23-15-14-16-24-46)31-32-51(49)66-56(52,55(48)54)64-35-5-2/h5,14-16,23-24,27-32,38-39,43,47,52,54-55,60-61H,2,4,6-13,17-22,25-26,33-37,40-41H2,1,3H3/t43-,47+,52-,54+,55+,56+/m0/s1. The van der Waals surface area contributed by atoms with Gasteiger partial charge in [0.1, 0.15) is 30.0 Å². The fraction of sp³-hybridized carbons (Fsp3) is 0.571. The quantitative estimate of drug-likeness (QED) is 0.0284. The Labute approximate surface area is 404 Å². The normalized spacial score (nSPS) is 22.3. The Bertz CT molecular complexity index is 2010. The first-order valence-electron chi connectivity index (χ1n) is 25.4. The summed E-state index contributed by atoms with van der Waals surface area (Å²) in [5, 5.41) is 24.8. The van der Waals surface area contributed by atoms with E-state index >= 15 is 4.79 Å². The van der Waals surface area contributed by atoms with Crippen molar-refractivity contribution in [2.24, 2.45) is 22.9 Å². The van der Waals surface area contributed by atoms with E-state index in [-0.39, 0.29) is 55.8 Å². The van der Waals surface area contributed by atoms with Crippen LogP contribution in [0.3, 0.4) is 0 Å². The van der Waals surface area contributed by atoms with Gasteiger partial charge >= 0.3 is 0 Å². The number of amides is 1. The number of hydrogen-bond acceptors (Lipinski definition) is 9. The third-order valence-corrected chi connectivity index (χ3v) is 14.7. The number of aliphatic hydroxyl groups excluding tert-OH is 2. The summed E-state index contributed by atoms with van der Waals surface area (Å²) >= 11 is 1.75. The number of aliphatic hydroxyl groups is 2. The number of ether oxygens (including phenoxy) is 3. The number of allylic oxidation sites excluding steroid dienone is 1. The molecule has 67 heavy (non-hydrogen) atoms. The molecule has 3 aromatic carbocycles. The van der Waals surface area contributed by atoms with Crippen molar-refractivity contribution >= 4 is 23.4 Å². The van der Waals surface area contributed by atoms with Crippen molar-refractivity contribution in [1.82, 2.24) is 4.90 Å².